The van der Waals surface area contributed by atoms with E-state index in [2.05, 4.69) is 49.2 Å². The van der Waals surface area contributed by atoms with Gasteiger partial charge >= 0.3 is 0 Å². The van der Waals surface area contributed by atoms with Gasteiger partial charge in [-0.15, -0.1) is 15.3 Å². The van der Waals surface area contributed by atoms with Crippen LogP contribution in [0, 0.1) is 0 Å². The van der Waals surface area contributed by atoms with E-state index in [0.29, 0.717) is 17.4 Å². The normalized spacial score (nSPS) is 15.2. The maximum atomic E-state index is 5.41. The summed E-state index contributed by atoms with van der Waals surface area (Å²) in [4.78, 5) is 11.4. The molecule has 1 aliphatic rings. The second kappa shape index (κ2) is 8.27. The fraction of sp³-hybridized carbons (Fsp3) is 0.318. The number of fused-ring (bicyclic) bond motifs is 1. The summed E-state index contributed by atoms with van der Waals surface area (Å²) in [6.07, 6.45) is 3.76. The van der Waals surface area contributed by atoms with Crippen LogP contribution < -0.4 is 9.64 Å². The van der Waals surface area contributed by atoms with Gasteiger partial charge in [-0.3, -0.25) is 0 Å². The van der Waals surface area contributed by atoms with Gasteiger partial charge in [-0.1, -0.05) is 25.1 Å². The van der Waals surface area contributed by atoms with Crippen LogP contribution >= 0.6 is 0 Å². The summed E-state index contributed by atoms with van der Waals surface area (Å²) < 4.78 is 12.4. The summed E-state index contributed by atoms with van der Waals surface area (Å²) in [7, 11) is 1.59. The minimum atomic E-state index is -0.0258. The van der Waals surface area contributed by atoms with Crippen molar-refractivity contribution < 1.29 is 9.47 Å². The van der Waals surface area contributed by atoms with Crippen molar-refractivity contribution in [2.24, 2.45) is 0 Å². The predicted molar refractivity (Wildman–Crippen MR) is 115 cm³/mol. The molecule has 0 N–H and O–H groups in total. The molecule has 9 nitrogen and oxygen atoms in total. The fourth-order valence-corrected chi connectivity index (χ4v) is 3.72. The number of benzene rings is 1. The van der Waals surface area contributed by atoms with Gasteiger partial charge in [-0.25, -0.2) is 9.97 Å². The summed E-state index contributed by atoms with van der Waals surface area (Å²) in [5, 5.41) is 13.1. The van der Waals surface area contributed by atoms with Gasteiger partial charge in [0.25, 0.3) is 0 Å². The Morgan fingerprint density at radius 3 is 2.61 bits per heavy atom. The van der Waals surface area contributed by atoms with Gasteiger partial charge in [0.1, 0.15) is 0 Å². The third kappa shape index (κ3) is 3.79. The summed E-state index contributed by atoms with van der Waals surface area (Å²) in [5.41, 5.74) is 3.74. The molecule has 4 aromatic rings. The first kappa shape index (κ1) is 19.4. The molecular formula is C22H23N7O2. The number of aromatic nitrogens is 6. The third-order valence-corrected chi connectivity index (χ3v) is 5.52. The lowest BCUT2D eigenvalue weighted by Crippen LogP contribution is -2.36. The third-order valence-electron chi connectivity index (χ3n) is 5.52. The molecule has 1 atom stereocenters. The Labute approximate surface area is 179 Å². The van der Waals surface area contributed by atoms with Crippen LogP contribution in [0.4, 0.5) is 5.69 Å². The lowest BCUT2D eigenvalue weighted by molar-refractivity contribution is 0.122. The quantitative estimate of drug-likeness (QED) is 0.489. The zero-order chi connectivity index (χ0) is 21.2. The molecule has 31 heavy (non-hydrogen) atoms. The topological polar surface area (TPSA) is 90.6 Å². The highest BCUT2D eigenvalue weighted by atomic mass is 16.5. The predicted octanol–water partition coefficient (Wildman–Crippen LogP) is 2.58. The van der Waals surface area contributed by atoms with Gasteiger partial charge in [0.2, 0.25) is 5.88 Å². The average Bonchev–Trinajstić information content (AvgIpc) is 3.27. The Balaban J connectivity index is 1.42. The molecule has 5 rings (SSSR count). The second-order valence-corrected chi connectivity index (χ2v) is 7.42. The molecule has 1 fully saturated rings. The number of methoxy groups -OCH3 is 1. The Morgan fingerprint density at radius 1 is 1.03 bits per heavy atom. The molecule has 0 bridgehead atoms. The molecule has 0 radical (unpaired) electrons. The van der Waals surface area contributed by atoms with Crippen LogP contribution in [0.25, 0.3) is 17.0 Å². The Hall–Kier alpha value is -3.59. The van der Waals surface area contributed by atoms with Gasteiger partial charge < -0.3 is 14.4 Å². The number of nitrogens with zero attached hydrogens (tertiary/aromatic N) is 7. The monoisotopic (exact) mass is 417 g/mol. The number of hydrogen-bond donors (Lipinski definition) is 0. The molecular weight excluding hydrogens is 394 g/mol. The van der Waals surface area contributed by atoms with Crippen LogP contribution in [-0.4, -0.2) is 63.2 Å². The number of hydrogen-bond acceptors (Lipinski definition) is 8. The van der Waals surface area contributed by atoms with E-state index in [1.54, 1.807) is 17.7 Å². The number of rotatable bonds is 5. The van der Waals surface area contributed by atoms with Crippen molar-refractivity contribution in [3.63, 3.8) is 0 Å². The molecule has 0 aliphatic carbocycles. The zero-order valence-corrected chi connectivity index (χ0v) is 17.5. The summed E-state index contributed by atoms with van der Waals surface area (Å²) in [6, 6.07) is 11.8. The number of anilines is 1. The van der Waals surface area contributed by atoms with E-state index in [9.17, 15) is 0 Å². The molecule has 3 aromatic heterocycles. The summed E-state index contributed by atoms with van der Waals surface area (Å²) >= 11 is 0. The lowest BCUT2D eigenvalue weighted by Gasteiger charge is -2.28. The van der Waals surface area contributed by atoms with Crippen LogP contribution in [-0.2, 0) is 4.74 Å². The van der Waals surface area contributed by atoms with Crippen molar-refractivity contribution in [3.05, 3.63) is 60.2 Å². The number of morpholine rings is 1. The Bertz CT molecular complexity index is 1190. The lowest BCUT2D eigenvalue weighted by atomic mass is 9.98. The fourth-order valence-electron chi connectivity index (χ4n) is 3.72. The van der Waals surface area contributed by atoms with E-state index in [1.807, 2.05) is 30.6 Å². The van der Waals surface area contributed by atoms with Crippen molar-refractivity contribution in [3.8, 4) is 17.3 Å². The van der Waals surface area contributed by atoms with Crippen LogP contribution in [0.15, 0.2) is 48.8 Å². The average molecular weight is 417 g/mol. The van der Waals surface area contributed by atoms with Crippen molar-refractivity contribution in [1.29, 1.82) is 0 Å². The van der Waals surface area contributed by atoms with Gasteiger partial charge in [0.15, 0.2) is 17.3 Å². The summed E-state index contributed by atoms with van der Waals surface area (Å²) in [6.45, 7) is 5.28. The van der Waals surface area contributed by atoms with Crippen LogP contribution in [0.5, 0.6) is 5.88 Å². The smallest absolute Gasteiger partial charge is 0.231 e. The standard InChI is InChI=1S/C22H23N7O2/c1-15(22-26-25-19-6-7-20(30-2)27-29(19)22)16-4-3-5-17(12-16)21-23-13-18(14-24-21)28-8-10-31-11-9-28/h3-7,12-15H,8-11H2,1-2H3. The van der Waals surface area contributed by atoms with E-state index >= 15 is 0 Å². The maximum Gasteiger partial charge on any atom is 0.231 e. The Morgan fingerprint density at radius 2 is 1.84 bits per heavy atom. The summed E-state index contributed by atoms with van der Waals surface area (Å²) in [5.74, 6) is 1.93. The molecule has 0 amide bonds. The highest BCUT2D eigenvalue weighted by molar-refractivity contribution is 5.58. The zero-order valence-electron chi connectivity index (χ0n) is 17.5. The molecule has 4 heterocycles. The van der Waals surface area contributed by atoms with Crippen LogP contribution in [0.3, 0.4) is 0 Å². The van der Waals surface area contributed by atoms with Gasteiger partial charge in [0.05, 0.1) is 38.4 Å². The molecule has 9 heteroatoms. The molecule has 1 saturated heterocycles. The van der Waals surface area contributed by atoms with Crippen molar-refractivity contribution in [2.75, 3.05) is 38.3 Å². The maximum absolute atomic E-state index is 5.41. The van der Waals surface area contributed by atoms with E-state index in [0.717, 1.165) is 48.9 Å². The second-order valence-electron chi connectivity index (χ2n) is 7.42. The first-order valence-electron chi connectivity index (χ1n) is 10.2. The van der Waals surface area contributed by atoms with E-state index in [-0.39, 0.29) is 5.92 Å². The largest absolute Gasteiger partial charge is 0.480 e. The van der Waals surface area contributed by atoms with E-state index in [4.69, 9.17) is 9.47 Å². The SMILES string of the molecule is COc1ccc2nnc(C(C)c3cccc(-c4ncc(N5CCOCC5)cn4)c3)n2n1. The first-order chi connectivity index (χ1) is 15.2. The molecule has 0 saturated carbocycles. The molecule has 158 valence electrons. The highest BCUT2D eigenvalue weighted by Crippen LogP contribution is 2.27. The van der Waals surface area contributed by atoms with Crippen molar-refractivity contribution >= 4 is 11.3 Å². The van der Waals surface area contributed by atoms with E-state index < -0.39 is 0 Å². The van der Waals surface area contributed by atoms with Gasteiger partial charge in [-0.2, -0.15) is 4.52 Å². The highest BCUT2D eigenvalue weighted by Gasteiger charge is 2.18. The molecule has 0 spiro atoms. The van der Waals surface area contributed by atoms with E-state index in [1.165, 1.54) is 0 Å². The van der Waals surface area contributed by atoms with Gasteiger partial charge in [-0.05, 0) is 17.7 Å². The molecule has 1 aromatic carbocycles. The minimum Gasteiger partial charge on any atom is -0.480 e. The van der Waals surface area contributed by atoms with Crippen LogP contribution in [0.2, 0.25) is 0 Å². The number of ether oxygens (including phenoxy) is 2. The molecule has 1 aliphatic heterocycles. The Kier molecular flexibility index (Phi) is 5.17. The van der Waals surface area contributed by atoms with Crippen molar-refractivity contribution in [2.45, 2.75) is 12.8 Å². The molecule has 1 unspecified atom stereocenters. The van der Waals surface area contributed by atoms with Crippen molar-refractivity contribution in [1.82, 2.24) is 29.8 Å². The van der Waals surface area contributed by atoms with Gasteiger partial charge in [0, 0.05) is 30.6 Å². The van der Waals surface area contributed by atoms with Crippen LogP contribution in [0.1, 0.15) is 24.2 Å². The minimum absolute atomic E-state index is 0.0258. The first-order valence-corrected chi connectivity index (χ1v) is 10.2.